The molecule has 76 valence electrons. The third kappa shape index (κ3) is 3.09. The minimum Gasteiger partial charge on any atom is -0.650 e. The van der Waals surface area contributed by atoms with Crippen molar-refractivity contribution in [1.29, 1.82) is 0 Å². The van der Waals surface area contributed by atoms with Gasteiger partial charge in [-0.05, 0) is 16.6 Å². The van der Waals surface area contributed by atoms with Gasteiger partial charge in [-0.2, -0.15) is 6.11 Å². The molecule has 0 heterocycles. The van der Waals surface area contributed by atoms with E-state index < -0.39 is 8.32 Å². The maximum Gasteiger partial charge on any atom is 1.00 e. The first kappa shape index (κ1) is 16.6. The summed E-state index contributed by atoms with van der Waals surface area (Å²) in [6.45, 7) is 13.2. The molecule has 0 fully saturated rings. The van der Waals surface area contributed by atoms with Crippen LogP contribution in [-0.4, -0.2) is 8.32 Å². The molecule has 0 aromatic carbocycles. The standard InChI is InChI=1S/C11H21OSi.Li/c1-8-12-13(9(2)3,10(4)5)11(6)7;/h9-11H,2-7H3;/q-1;+1. The Morgan fingerprint density at radius 1 is 0.929 bits per heavy atom. The van der Waals surface area contributed by atoms with E-state index in [4.69, 9.17) is 10.8 Å². The Hall–Kier alpha value is 0.174. The molecule has 14 heavy (non-hydrogen) atoms. The molecule has 0 unspecified atom stereocenters. The summed E-state index contributed by atoms with van der Waals surface area (Å²) in [7, 11) is -1.83. The molecule has 0 aliphatic carbocycles. The Morgan fingerprint density at radius 2 is 1.21 bits per heavy atom. The second-order valence-electron chi connectivity index (χ2n) is 4.52. The van der Waals surface area contributed by atoms with Gasteiger partial charge in [0.15, 0.2) is 0 Å². The number of rotatable bonds is 4. The second-order valence-corrected chi connectivity index (χ2v) is 9.90. The van der Waals surface area contributed by atoms with Crippen LogP contribution in [0.3, 0.4) is 0 Å². The average Bonchev–Trinajstić information content (AvgIpc) is 1.97. The van der Waals surface area contributed by atoms with Gasteiger partial charge in [0.25, 0.3) is 8.32 Å². The zero-order chi connectivity index (χ0) is 10.6. The first-order valence-electron chi connectivity index (χ1n) is 4.99. The monoisotopic (exact) mass is 204 g/mol. The normalized spacial score (nSPS) is 11.4. The van der Waals surface area contributed by atoms with Crippen LogP contribution in [0.1, 0.15) is 41.5 Å². The Kier molecular flexibility index (Phi) is 7.85. The zero-order valence-corrected chi connectivity index (χ0v) is 11.6. The van der Waals surface area contributed by atoms with E-state index in [1.54, 1.807) is 0 Å². The van der Waals surface area contributed by atoms with E-state index in [1.807, 2.05) is 0 Å². The second kappa shape index (κ2) is 6.62. The van der Waals surface area contributed by atoms with E-state index in [0.717, 1.165) is 0 Å². The fourth-order valence-corrected chi connectivity index (χ4v) is 7.33. The quantitative estimate of drug-likeness (QED) is 0.373. The smallest absolute Gasteiger partial charge is 0.650 e. The topological polar surface area (TPSA) is 9.23 Å². The van der Waals surface area contributed by atoms with Gasteiger partial charge in [0.2, 0.25) is 0 Å². The number of hydrogen-bond acceptors (Lipinski definition) is 1. The van der Waals surface area contributed by atoms with Crippen molar-refractivity contribution in [3.05, 3.63) is 6.42 Å². The maximum atomic E-state index is 7.00. The van der Waals surface area contributed by atoms with Crippen LogP contribution in [0, 0.1) is 12.5 Å². The van der Waals surface area contributed by atoms with Crippen molar-refractivity contribution < 1.29 is 23.3 Å². The summed E-state index contributed by atoms with van der Waals surface area (Å²) < 4.78 is 5.57. The Bertz CT molecular complexity index is 172. The van der Waals surface area contributed by atoms with Crippen LogP contribution in [0.5, 0.6) is 0 Å². The van der Waals surface area contributed by atoms with Gasteiger partial charge in [0, 0.05) is 0 Å². The van der Waals surface area contributed by atoms with Crippen LogP contribution < -0.4 is 18.9 Å². The van der Waals surface area contributed by atoms with Gasteiger partial charge in [0.1, 0.15) is 0 Å². The van der Waals surface area contributed by atoms with Crippen molar-refractivity contribution >= 4 is 8.32 Å². The van der Waals surface area contributed by atoms with Crippen molar-refractivity contribution in [2.24, 2.45) is 0 Å². The van der Waals surface area contributed by atoms with Crippen LogP contribution in [0.4, 0.5) is 0 Å². The van der Waals surface area contributed by atoms with Gasteiger partial charge in [-0.15, -0.1) is 0 Å². The molecule has 0 saturated heterocycles. The molecule has 3 heteroatoms. The fraction of sp³-hybridized carbons (Fsp3) is 0.818. The summed E-state index contributed by atoms with van der Waals surface area (Å²) in [6.07, 6.45) is 9.17. The molecule has 0 bridgehead atoms. The van der Waals surface area contributed by atoms with E-state index in [0.29, 0.717) is 16.6 Å². The third-order valence-corrected chi connectivity index (χ3v) is 8.80. The predicted octanol–water partition coefficient (Wildman–Crippen LogP) is 0.730. The Balaban J connectivity index is 0. The predicted molar refractivity (Wildman–Crippen MR) is 59.3 cm³/mol. The summed E-state index contributed by atoms with van der Waals surface area (Å²) in [5.41, 5.74) is 1.60. The summed E-state index contributed by atoms with van der Waals surface area (Å²) in [4.78, 5) is 0. The third-order valence-electron chi connectivity index (χ3n) is 2.93. The molecule has 0 rings (SSSR count). The Morgan fingerprint density at radius 3 is 1.29 bits per heavy atom. The maximum absolute atomic E-state index is 7.00. The van der Waals surface area contributed by atoms with Crippen molar-refractivity contribution in [1.82, 2.24) is 0 Å². The minimum absolute atomic E-state index is 0. The summed E-state index contributed by atoms with van der Waals surface area (Å²) in [5, 5.41) is 0. The molecule has 0 amide bonds. The van der Waals surface area contributed by atoms with Gasteiger partial charge >= 0.3 is 18.9 Å². The minimum atomic E-state index is -1.83. The van der Waals surface area contributed by atoms with E-state index in [-0.39, 0.29) is 18.9 Å². The molecule has 0 N–H and O–H groups in total. The summed E-state index contributed by atoms with van der Waals surface area (Å²) >= 11 is 0. The molecule has 0 aromatic rings. The van der Waals surface area contributed by atoms with Gasteiger partial charge in [-0.1, -0.05) is 41.5 Å². The van der Waals surface area contributed by atoms with Gasteiger partial charge in [-0.3, -0.25) is 0 Å². The van der Waals surface area contributed by atoms with Gasteiger partial charge in [0.05, 0.1) is 0 Å². The molecule has 0 radical (unpaired) electrons. The zero-order valence-electron chi connectivity index (χ0n) is 10.6. The van der Waals surface area contributed by atoms with Crippen LogP contribution in [0.25, 0.3) is 0 Å². The van der Waals surface area contributed by atoms with E-state index >= 15 is 0 Å². The molecular weight excluding hydrogens is 183 g/mol. The van der Waals surface area contributed by atoms with E-state index in [1.165, 1.54) is 0 Å². The van der Waals surface area contributed by atoms with E-state index in [9.17, 15) is 0 Å². The van der Waals surface area contributed by atoms with Crippen LogP contribution >= 0.6 is 0 Å². The molecule has 0 aromatic heterocycles. The average molecular weight is 204 g/mol. The molecule has 0 atom stereocenters. The van der Waals surface area contributed by atoms with Crippen LogP contribution in [0.2, 0.25) is 16.6 Å². The fourth-order valence-electron chi connectivity index (χ4n) is 2.44. The first-order valence-corrected chi connectivity index (χ1v) is 7.13. The van der Waals surface area contributed by atoms with E-state index in [2.05, 4.69) is 47.6 Å². The first-order chi connectivity index (χ1) is 5.89. The molecule has 0 saturated carbocycles. The molecule has 0 spiro atoms. The Labute approximate surface area is 102 Å². The largest absolute Gasteiger partial charge is 1.00 e. The number of hydrogen-bond donors (Lipinski definition) is 0. The van der Waals surface area contributed by atoms with Crippen molar-refractivity contribution in [2.75, 3.05) is 0 Å². The SMILES string of the molecule is [C-]#CO[Si](C(C)C)(C(C)C)C(C)C.[Li+]. The van der Waals surface area contributed by atoms with Gasteiger partial charge < -0.3 is 10.8 Å². The van der Waals surface area contributed by atoms with Crippen molar-refractivity contribution in [3.63, 3.8) is 0 Å². The molecule has 0 aliphatic heterocycles. The van der Waals surface area contributed by atoms with Crippen LogP contribution in [-0.2, 0) is 4.43 Å². The summed E-state index contributed by atoms with van der Waals surface area (Å²) in [5.74, 6) is 0. The molecular formula is C11H21LiOSi. The van der Waals surface area contributed by atoms with Crippen molar-refractivity contribution in [3.8, 4) is 6.11 Å². The van der Waals surface area contributed by atoms with Crippen molar-refractivity contribution in [2.45, 2.75) is 58.2 Å². The summed E-state index contributed by atoms with van der Waals surface area (Å²) in [6, 6.07) is 0. The van der Waals surface area contributed by atoms with Crippen LogP contribution in [0.15, 0.2) is 0 Å². The van der Waals surface area contributed by atoms with Gasteiger partial charge in [-0.25, -0.2) is 0 Å². The molecule has 1 nitrogen and oxygen atoms in total. The molecule has 0 aliphatic rings.